The lowest BCUT2D eigenvalue weighted by molar-refractivity contribution is 0.0962. The van der Waals surface area contributed by atoms with Gasteiger partial charge < -0.3 is 14.6 Å². The number of halogens is 2. The van der Waals surface area contributed by atoms with Gasteiger partial charge in [0.25, 0.3) is 11.8 Å². The fraction of sp³-hybridized carbons (Fsp3) is 0.152. The molecule has 0 radical (unpaired) electrons. The summed E-state index contributed by atoms with van der Waals surface area (Å²) in [5, 5.41) is 2.82. The molecule has 11 heteroatoms. The van der Waals surface area contributed by atoms with Crippen LogP contribution in [0.15, 0.2) is 89.3 Å². The normalized spacial score (nSPS) is 11.4. The van der Waals surface area contributed by atoms with E-state index in [0.717, 1.165) is 12.3 Å². The van der Waals surface area contributed by atoms with Crippen LogP contribution in [0.2, 0.25) is 0 Å². The van der Waals surface area contributed by atoms with E-state index < -0.39 is 27.6 Å². The maximum absolute atomic E-state index is 15.6. The Bertz CT molecular complexity index is 1970. The molecule has 0 aliphatic heterocycles. The van der Waals surface area contributed by atoms with Gasteiger partial charge in [0, 0.05) is 53.0 Å². The predicted molar refractivity (Wildman–Crippen MR) is 167 cm³/mol. The van der Waals surface area contributed by atoms with Gasteiger partial charge in [0.1, 0.15) is 23.0 Å². The summed E-state index contributed by atoms with van der Waals surface area (Å²) in [6.07, 6.45) is 1.62. The van der Waals surface area contributed by atoms with Crippen molar-refractivity contribution >= 4 is 44.2 Å². The van der Waals surface area contributed by atoms with E-state index in [4.69, 9.17) is 4.42 Å². The number of sulfonamides is 1. The highest BCUT2D eigenvalue weighted by Gasteiger charge is 2.26. The molecule has 0 aliphatic rings. The van der Waals surface area contributed by atoms with Gasteiger partial charge in [0.05, 0.1) is 17.5 Å². The zero-order chi connectivity index (χ0) is 31.6. The Hall–Kier alpha value is -5.03. The van der Waals surface area contributed by atoms with Crippen molar-refractivity contribution < 1.29 is 31.2 Å². The zero-order valence-corrected chi connectivity index (χ0v) is 25.0. The summed E-state index contributed by atoms with van der Waals surface area (Å²) < 4.78 is 62.4. The Morgan fingerprint density at radius 2 is 1.61 bits per heavy atom. The van der Waals surface area contributed by atoms with Crippen molar-refractivity contribution in [2.45, 2.75) is 13.3 Å². The molecule has 1 aromatic heterocycles. The molecule has 0 fully saturated rings. The fourth-order valence-corrected chi connectivity index (χ4v) is 5.57. The standard InChI is InChI=1S/C33H29F2N3O5S/c1-4-16-38(23-8-6-5-7-9-23)33(40)21-12-15-27(35)24(17-21)25-18-26-29(19-28(25)37-44(3,41)42)43-31(30(26)32(39)36-2)20-10-13-22(34)14-11-20/h5-15,17-19,37H,4,16H2,1-3H3,(H,36,39). The SMILES string of the molecule is CCCN(C(=O)c1ccc(F)c(-c2cc3c(C(=O)NC)c(-c4ccc(F)cc4)oc3cc2NS(C)(=O)=O)c1)c1ccccc1. The van der Waals surface area contributed by atoms with E-state index >= 15 is 4.39 Å². The van der Waals surface area contributed by atoms with Crippen molar-refractivity contribution in [3.05, 3.63) is 108 Å². The van der Waals surface area contributed by atoms with Crippen molar-refractivity contribution in [3.8, 4) is 22.5 Å². The van der Waals surface area contributed by atoms with E-state index in [9.17, 15) is 22.4 Å². The van der Waals surface area contributed by atoms with Gasteiger partial charge in [-0.2, -0.15) is 0 Å². The number of nitrogens with zero attached hydrogens (tertiary/aromatic N) is 1. The molecule has 0 bridgehead atoms. The second-order valence-electron chi connectivity index (χ2n) is 10.1. The van der Waals surface area contributed by atoms with Crippen molar-refractivity contribution in [2.24, 2.45) is 0 Å². The molecule has 4 aromatic carbocycles. The molecule has 0 aliphatic carbocycles. The Labute approximate surface area is 253 Å². The van der Waals surface area contributed by atoms with Crippen LogP contribution in [0.4, 0.5) is 20.2 Å². The molecule has 1 heterocycles. The Morgan fingerprint density at radius 3 is 2.25 bits per heavy atom. The number of hydrogen-bond donors (Lipinski definition) is 2. The Morgan fingerprint density at radius 1 is 0.909 bits per heavy atom. The number of fused-ring (bicyclic) bond motifs is 1. The largest absolute Gasteiger partial charge is 0.455 e. The first-order valence-corrected chi connectivity index (χ1v) is 15.6. The molecule has 2 N–H and O–H groups in total. The average molecular weight is 618 g/mol. The summed E-state index contributed by atoms with van der Waals surface area (Å²) in [4.78, 5) is 28.4. The highest BCUT2D eigenvalue weighted by molar-refractivity contribution is 7.92. The molecule has 0 spiro atoms. The number of anilines is 2. The molecule has 44 heavy (non-hydrogen) atoms. The van der Waals surface area contributed by atoms with Crippen molar-refractivity contribution in [2.75, 3.05) is 29.5 Å². The third-order valence-electron chi connectivity index (χ3n) is 6.95. The quantitative estimate of drug-likeness (QED) is 0.188. The maximum Gasteiger partial charge on any atom is 0.258 e. The fourth-order valence-electron chi connectivity index (χ4n) is 5.00. The smallest absolute Gasteiger partial charge is 0.258 e. The van der Waals surface area contributed by atoms with Gasteiger partial charge in [-0.25, -0.2) is 17.2 Å². The number of hydrogen-bond acceptors (Lipinski definition) is 5. The summed E-state index contributed by atoms with van der Waals surface area (Å²) in [6, 6.07) is 21.1. The van der Waals surface area contributed by atoms with Gasteiger partial charge in [0.2, 0.25) is 10.0 Å². The van der Waals surface area contributed by atoms with Crippen LogP contribution in [0.5, 0.6) is 0 Å². The van der Waals surface area contributed by atoms with Gasteiger partial charge >= 0.3 is 0 Å². The Kier molecular flexibility index (Phi) is 8.50. The lowest BCUT2D eigenvalue weighted by Crippen LogP contribution is -2.31. The third-order valence-corrected chi connectivity index (χ3v) is 7.54. The van der Waals surface area contributed by atoms with Crippen molar-refractivity contribution in [3.63, 3.8) is 0 Å². The number of amides is 2. The molecule has 0 saturated carbocycles. The lowest BCUT2D eigenvalue weighted by Gasteiger charge is -2.23. The van der Waals surface area contributed by atoms with Crippen molar-refractivity contribution in [1.82, 2.24) is 5.32 Å². The molecule has 5 rings (SSSR count). The first-order valence-electron chi connectivity index (χ1n) is 13.7. The first kappa shape index (κ1) is 30.4. The number of benzene rings is 4. The molecule has 226 valence electrons. The van der Waals surface area contributed by atoms with E-state index in [1.165, 1.54) is 55.6 Å². The minimum Gasteiger partial charge on any atom is -0.455 e. The van der Waals surface area contributed by atoms with Crippen LogP contribution >= 0.6 is 0 Å². The van der Waals surface area contributed by atoms with Gasteiger partial charge in [-0.15, -0.1) is 0 Å². The second kappa shape index (κ2) is 12.3. The molecule has 8 nitrogen and oxygen atoms in total. The van der Waals surface area contributed by atoms with Crippen LogP contribution in [0, 0.1) is 11.6 Å². The van der Waals surface area contributed by atoms with E-state index in [0.29, 0.717) is 24.2 Å². The van der Waals surface area contributed by atoms with Crippen LogP contribution in [0.3, 0.4) is 0 Å². The zero-order valence-electron chi connectivity index (χ0n) is 24.1. The summed E-state index contributed by atoms with van der Waals surface area (Å²) in [5.41, 5.74) is 1.45. The van der Waals surface area contributed by atoms with E-state index in [2.05, 4.69) is 10.0 Å². The molecule has 5 aromatic rings. The summed E-state index contributed by atoms with van der Waals surface area (Å²) in [5.74, 6) is -1.98. The highest BCUT2D eigenvalue weighted by atomic mass is 32.2. The van der Waals surface area contributed by atoms with Crippen LogP contribution in [-0.4, -0.2) is 40.1 Å². The maximum atomic E-state index is 15.6. The number of nitrogens with one attached hydrogen (secondary N) is 2. The third kappa shape index (κ3) is 6.18. The lowest BCUT2D eigenvalue weighted by atomic mass is 9.96. The van der Waals surface area contributed by atoms with Crippen molar-refractivity contribution in [1.29, 1.82) is 0 Å². The van der Waals surface area contributed by atoms with Crippen LogP contribution < -0.4 is 14.9 Å². The van der Waals surface area contributed by atoms with Gasteiger partial charge in [-0.1, -0.05) is 25.1 Å². The summed E-state index contributed by atoms with van der Waals surface area (Å²) in [7, 11) is -2.43. The minimum absolute atomic E-state index is 0.0279. The van der Waals surface area contributed by atoms with Crippen LogP contribution in [0.1, 0.15) is 34.1 Å². The summed E-state index contributed by atoms with van der Waals surface area (Å²) >= 11 is 0. The van der Waals surface area contributed by atoms with Gasteiger partial charge in [-0.3, -0.25) is 14.3 Å². The molecular formula is C33H29F2N3O5S. The van der Waals surface area contributed by atoms with Crippen LogP contribution in [-0.2, 0) is 10.0 Å². The van der Waals surface area contributed by atoms with Gasteiger partial charge in [-0.05, 0) is 67.1 Å². The minimum atomic E-state index is -3.86. The number of carbonyl (C=O) groups is 2. The van der Waals surface area contributed by atoms with E-state index in [-0.39, 0.29) is 50.6 Å². The second-order valence-corrected chi connectivity index (χ2v) is 11.9. The molecule has 0 saturated heterocycles. The molecule has 0 atom stereocenters. The van der Waals surface area contributed by atoms with E-state index in [1.54, 1.807) is 17.0 Å². The topological polar surface area (TPSA) is 109 Å². The first-order chi connectivity index (χ1) is 21.0. The molecular weight excluding hydrogens is 588 g/mol. The highest BCUT2D eigenvalue weighted by Crippen LogP contribution is 2.41. The van der Waals surface area contributed by atoms with Gasteiger partial charge in [0.15, 0.2) is 0 Å². The van der Waals surface area contributed by atoms with Crippen LogP contribution in [0.25, 0.3) is 33.4 Å². The predicted octanol–water partition coefficient (Wildman–Crippen LogP) is 6.83. The monoisotopic (exact) mass is 617 g/mol. The average Bonchev–Trinajstić information content (AvgIpc) is 3.37. The number of carbonyl (C=O) groups excluding carboxylic acids is 2. The Balaban J connectivity index is 1.73. The summed E-state index contributed by atoms with van der Waals surface area (Å²) in [6.45, 7) is 2.35. The molecule has 2 amide bonds. The molecule has 0 unspecified atom stereocenters. The number of furan rings is 1. The number of rotatable bonds is 9. The number of para-hydroxylation sites is 1. The van der Waals surface area contributed by atoms with E-state index in [1.807, 2.05) is 25.1 Å².